The summed E-state index contributed by atoms with van der Waals surface area (Å²) >= 11 is 0. The monoisotopic (exact) mass is 258 g/mol. The molecule has 0 saturated heterocycles. The fourth-order valence-corrected chi connectivity index (χ4v) is 1.70. The minimum absolute atomic E-state index is 0.272. The molecule has 0 aromatic rings. The van der Waals surface area contributed by atoms with Gasteiger partial charge in [0.15, 0.2) is 0 Å². The lowest BCUT2D eigenvalue weighted by atomic mass is 9.83. The third kappa shape index (κ3) is 3.41. The molecule has 7 heteroatoms. The van der Waals surface area contributed by atoms with Gasteiger partial charge in [-0.3, -0.25) is 0 Å². The van der Waals surface area contributed by atoms with Gasteiger partial charge in [0.05, 0.1) is 7.11 Å². The van der Waals surface area contributed by atoms with E-state index in [0.717, 1.165) is 0 Å². The van der Waals surface area contributed by atoms with Crippen LogP contribution in [0.4, 0.5) is 9.59 Å². The predicted octanol–water partition coefficient (Wildman–Crippen LogP) is 1.85. The summed E-state index contributed by atoms with van der Waals surface area (Å²) in [6, 6.07) is 0. The Kier molecular flexibility index (Phi) is 4.59. The van der Waals surface area contributed by atoms with E-state index < -0.39 is 17.7 Å². The maximum absolute atomic E-state index is 10.5. The number of rotatable bonds is 5. The predicted molar refractivity (Wildman–Crippen MR) is 59.2 cm³/mol. The Morgan fingerprint density at radius 1 is 1.28 bits per heavy atom. The molecular formula is C11H14O7. The quantitative estimate of drug-likeness (QED) is 0.573. The summed E-state index contributed by atoms with van der Waals surface area (Å²) in [6.45, 7) is -0.544. The molecule has 18 heavy (non-hydrogen) atoms. The van der Waals surface area contributed by atoms with Crippen LogP contribution in [0, 0.1) is 5.41 Å². The topological polar surface area (TPSA) is 102 Å². The molecule has 0 heterocycles. The minimum Gasteiger partial charge on any atom is -0.500 e. The number of methoxy groups -OCH3 is 1. The van der Waals surface area contributed by atoms with E-state index in [9.17, 15) is 9.59 Å². The first kappa shape index (κ1) is 13.9. The van der Waals surface area contributed by atoms with Gasteiger partial charge in [-0.25, -0.2) is 9.59 Å². The fourth-order valence-electron chi connectivity index (χ4n) is 1.70. The Morgan fingerprint density at radius 3 is 2.28 bits per heavy atom. The van der Waals surface area contributed by atoms with Gasteiger partial charge >= 0.3 is 12.3 Å². The van der Waals surface area contributed by atoms with Crippen molar-refractivity contribution in [1.82, 2.24) is 0 Å². The SMILES string of the molecule is COC1=CCC=CC1(COC(=O)O)COC(=O)O. The van der Waals surface area contributed by atoms with Crippen molar-refractivity contribution in [2.24, 2.45) is 5.41 Å². The molecule has 0 atom stereocenters. The number of carboxylic acid groups (broad SMARTS) is 2. The molecular weight excluding hydrogens is 244 g/mol. The molecule has 1 aliphatic carbocycles. The molecule has 0 fully saturated rings. The van der Waals surface area contributed by atoms with Gasteiger partial charge in [-0.1, -0.05) is 12.2 Å². The average molecular weight is 258 g/mol. The molecule has 0 spiro atoms. The van der Waals surface area contributed by atoms with Gasteiger partial charge in [-0.05, 0) is 12.5 Å². The third-order valence-corrected chi connectivity index (χ3v) is 2.49. The highest BCUT2D eigenvalue weighted by Gasteiger charge is 2.38. The molecule has 2 N–H and O–H groups in total. The molecule has 1 rings (SSSR count). The van der Waals surface area contributed by atoms with E-state index in [0.29, 0.717) is 12.2 Å². The lowest BCUT2D eigenvalue weighted by molar-refractivity contribution is 0.0110. The maximum atomic E-state index is 10.5. The average Bonchev–Trinajstić information content (AvgIpc) is 2.34. The fraction of sp³-hybridized carbons (Fsp3) is 0.455. The summed E-state index contributed by atoms with van der Waals surface area (Å²) in [7, 11) is 1.42. The maximum Gasteiger partial charge on any atom is 0.505 e. The smallest absolute Gasteiger partial charge is 0.500 e. The van der Waals surface area contributed by atoms with Crippen LogP contribution in [0.3, 0.4) is 0 Å². The van der Waals surface area contributed by atoms with Crippen LogP contribution < -0.4 is 0 Å². The Balaban J connectivity index is 2.87. The van der Waals surface area contributed by atoms with E-state index in [1.807, 2.05) is 0 Å². The number of hydrogen-bond donors (Lipinski definition) is 2. The summed E-state index contributed by atoms with van der Waals surface area (Å²) < 4.78 is 14.2. The molecule has 0 bridgehead atoms. The largest absolute Gasteiger partial charge is 0.505 e. The number of allylic oxidation sites excluding steroid dienone is 2. The van der Waals surface area contributed by atoms with E-state index in [2.05, 4.69) is 9.47 Å². The zero-order chi connectivity index (χ0) is 13.6. The van der Waals surface area contributed by atoms with Gasteiger partial charge in [0, 0.05) is 0 Å². The van der Waals surface area contributed by atoms with Gasteiger partial charge < -0.3 is 24.4 Å². The minimum atomic E-state index is -1.45. The van der Waals surface area contributed by atoms with E-state index in [-0.39, 0.29) is 13.2 Å². The van der Waals surface area contributed by atoms with Gasteiger partial charge in [0.2, 0.25) is 0 Å². The van der Waals surface area contributed by atoms with Crippen LogP contribution in [0.15, 0.2) is 24.0 Å². The van der Waals surface area contributed by atoms with E-state index >= 15 is 0 Å². The van der Waals surface area contributed by atoms with Crippen molar-refractivity contribution in [2.45, 2.75) is 6.42 Å². The van der Waals surface area contributed by atoms with E-state index in [1.54, 1.807) is 18.2 Å². The first-order valence-electron chi connectivity index (χ1n) is 5.14. The van der Waals surface area contributed by atoms with Crippen LogP contribution in [0.2, 0.25) is 0 Å². The summed E-state index contributed by atoms with van der Waals surface area (Å²) in [5.41, 5.74) is -1.04. The highest BCUT2D eigenvalue weighted by molar-refractivity contribution is 5.57. The Morgan fingerprint density at radius 2 is 1.83 bits per heavy atom. The number of ether oxygens (including phenoxy) is 3. The molecule has 7 nitrogen and oxygen atoms in total. The van der Waals surface area contributed by atoms with Crippen LogP contribution in [-0.2, 0) is 14.2 Å². The summed E-state index contributed by atoms with van der Waals surface area (Å²) in [6.07, 6.45) is 2.84. The van der Waals surface area contributed by atoms with Gasteiger partial charge in [0.25, 0.3) is 0 Å². The highest BCUT2D eigenvalue weighted by Crippen LogP contribution is 2.34. The molecule has 0 saturated carbocycles. The van der Waals surface area contributed by atoms with Crippen molar-refractivity contribution in [3.05, 3.63) is 24.0 Å². The van der Waals surface area contributed by atoms with Gasteiger partial charge in [0.1, 0.15) is 24.4 Å². The third-order valence-electron chi connectivity index (χ3n) is 2.49. The molecule has 100 valence electrons. The molecule has 0 aliphatic heterocycles. The van der Waals surface area contributed by atoms with Crippen molar-refractivity contribution in [3.8, 4) is 0 Å². The Hall–Kier alpha value is -2.18. The standard InChI is InChI=1S/C11H14O7/c1-16-8-4-2-3-5-11(8,6-17-9(12)13)7-18-10(14)15/h3-5H,2,6-7H2,1H3,(H,12,13)(H,14,15). The summed E-state index contributed by atoms with van der Waals surface area (Å²) in [4.78, 5) is 20.9. The van der Waals surface area contributed by atoms with Crippen LogP contribution in [0.1, 0.15) is 6.42 Å². The second kappa shape index (κ2) is 5.95. The Labute approximate surface area is 103 Å². The second-order valence-electron chi connectivity index (χ2n) is 3.68. The lowest BCUT2D eigenvalue weighted by Crippen LogP contribution is -2.36. The number of carbonyl (C=O) groups is 2. The second-order valence-corrected chi connectivity index (χ2v) is 3.68. The zero-order valence-electron chi connectivity index (χ0n) is 9.79. The van der Waals surface area contributed by atoms with Gasteiger partial charge in [-0.15, -0.1) is 0 Å². The summed E-state index contributed by atoms with van der Waals surface area (Å²) in [5.74, 6) is 0.424. The van der Waals surface area contributed by atoms with E-state index in [1.165, 1.54) is 7.11 Å². The van der Waals surface area contributed by atoms with Crippen LogP contribution in [-0.4, -0.2) is 42.8 Å². The highest BCUT2D eigenvalue weighted by atomic mass is 16.7. The normalized spacial score (nSPS) is 16.6. The molecule has 0 amide bonds. The van der Waals surface area contributed by atoms with Crippen molar-refractivity contribution >= 4 is 12.3 Å². The lowest BCUT2D eigenvalue weighted by Gasteiger charge is -2.32. The molecule has 0 aromatic carbocycles. The van der Waals surface area contributed by atoms with Gasteiger partial charge in [-0.2, -0.15) is 0 Å². The molecule has 0 radical (unpaired) electrons. The van der Waals surface area contributed by atoms with Crippen molar-refractivity contribution in [3.63, 3.8) is 0 Å². The van der Waals surface area contributed by atoms with Crippen molar-refractivity contribution in [2.75, 3.05) is 20.3 Å². The Bertz CT molecular complexity index is 365. The van der Waals surface area contributed by atoms with Crippen molar-refractivity contribution in [1.29, 1.82) is 0 Å². The first-order chi connectivity index (χ1) is 8.50. The molecule has 1 aliphatic rings. The van der Waals surface area contributed by atoms with E-state index in [4.69, 9.17) is 14.9 Å². The van der Waals surface area contributed by atoms with Crippen LogP contribution in [0.5, 0.6) is 0 Å². The van der Waals surface area contributed by atoms with Crippen molar-refractivity contribution < 1.29 is 34.0 Å². The zero-order valence-corrected chi connectivity index (χ0v) is 9.79. The molecule has 0 aromatic heterocycles. The number of hydrogen-bond acceptors (Lipinski definition) is 5. The first-order valence-corrected chi connectivity index (χ1v) is 5.14. The molecule has 0 unspecified atom stereocenters. The van der Waals surface area contributed by atoms with Crippen LogP contribution in [0.25, 0.3) is 0 Å². The summed E-state index contributed by atoms with van der Waals surface area (Å²) in [5, 5.41) is 17.1. The van der Waals surface area contributed by atoms with Crippen LogP contribution >= 0.6 is 0 Å².